The number of amides is 1. The first-order valence-electron chi connectivity index (χ1n) is 7.67. The Bertz CT molecular complexity index is 806. The zero-order chi connectivity index (χ0) is 18.7. The van der Waals surface area contributed by atoms with E-state index in [1.165, 1.54) is 34.9 Å². The highest BCUT2D eigenvalue weighted by molar-refractivity contribution is 8.01. The fourth-order valence-electron chi connectivity index (χ4n) is 2.61. The summed E-state index contributed by atoms with van der Waals surface area (Å²) < 4.78 is 6.28. The smallest absolute Gasteiger partial charge is 0.534 e. The van der Waals surface area contributed by atoms with E-state index >= 15 is 0 Å². The average Bonchev–Trinajstić information content (AvgIpc) is 3.01. The minimum Gasteiger partial charge on any atom is -0.534 e. The van der Waals surface area contributed by atoms with Gasteiger partial charge in [-0.3, -0.25) is 4.79 Å². The number of nitrogens with zero attached hydrogens (tertiary/aromatic N) is 2. The summed E-state index contributed by atoms with van der Waals surface area (Å²) in [7, 11) is -1.18. The van der Waals surface area contributed by atoms with Crippen LogP contribution in [-0.2, 0) is 17.8 Å². The Morgan fingerprint density at radius 1 is 1.54 bits per heavy atom. The topological polar surface area (TPSA) is 131 Å². The fraction of sp³-hybridized carbons (Fsp3) is 0.357. The van der Waals surface area contributed by atoms with Crippen LogP contribution >= 0.6 is 34.9 Å². The van der Waals surface area contributed by atoms with Crippen molar-refractivity contribution in [2.24, 2.45) is 0 Å². The molecule has 3 rings (SSSR count). The molecule has 26 heavy (non-hydrogen) atoms. The van der Waals surface area contributed by atoms with E-state index in [0.29, 0.717) is 33.0 Å². The Morgan fingerprint density at radius 3 is 3.00 bits per heavy atom. The monoisotopic (exact) mass is 412 g/mol. The van der Waals surface area contributed by atoms with E-state index in [2.05, 4.69) is 15.5 Å². The van der Waals surface area contributed by atoms with E-state index < -0.39 is 13.1 Å². The molecule has 1 amide bonds. The first kappa shape index (κ1) is 19.3. The van der Waals surface area contributed by atoms with Gasteiger partial charge in [0, 0.05) is 10.5 Å². The molecule has 0 saturated heterocycles. The lowest BCUT2D eigenvalue weighted by molar-refractivity contribution is -0.118. The average molecular weight is 412 g/mol. The molecule has 8 nitrogen and oxygen atoms in total. The van der Waals surface area contributed by atoms with Gasteiger partial charge in [-0.25, -0.2) is 0 Å². The second kappa shape index (κ2) is 8.48. The van der Waals surface area contributed by atoms with Crippen LogP contribution < -0.4 is 15.7 Å². The summed E-state index contributed by atoms with van der Waals surface area (Å²) >= 11 is 3.98. The van der Waals surface area contributed by atoms with Gasteiger partial charge in [-0.15, -0.1) is 10.2 Å². The number of aliphatic hydroxyl groups is 1. The van der Waals surface area contributed by atoms with Crippen LogP contribution in [0.5, 0.6) is 5.75 Å². The third-order valence-electron chi connectivity index (χ3n) is 3.72. The number of benzene rings is 1. The van der Waals surface area contributed by atoms with Gasteiger partial charge >= 0.3 is 7.12 Å². The van der Waals surface area contributed by atoms with Crippen LogP contribution in [0.15, 0.2) is 21.4 Å². The van der Waals surface area contributed by atoms with E-state index in [0.717, 1.165) is 10.5 Å². The number of thioether (sulfide) groups is 1. The molecular formula is C14H17BN4O4S3. The molecule has 0 saturated carbocycles. The Morgan fingerprint density at radius 2 is 2.35 bits per heavy atom. The molecule has 0 radical (unpaired) electrons. The van der Waals surface area contributed by atoms with Gasteiger partial charge in [0.25, 0.3) is 0 Å². The van der Waals surface area contributed by atoms with Crippen LogP contribution in [0.25, 0.3) is 0 Å². The normalized spacial score (nSPS) is 16.1. The lowest BCUT2D eigenvalue weighted by atomic mass is 9.72. The van der Waals surface area contributed by atoms with E-state index in [1.54, 1.807) is 0 Å². The minimum absolute atomic E-state index is 0.156. The maximum Gasteiger partial charge on any atom is 0.547 e. The summed E-state index contributed by atoms with van der Waals surface area (Å²) in [6.07, 6.45) is 2.25. The molecule has 138 valence electrons. The zero-order valence-corrected chi connectivity index (χ0v) is 16.3. The molecule has 1 atom stereocenters. The number of carbonyl (C=O) groups excluding carboxylic acids is 1. The largest absolute Gasteiger partial charge is 0.547 e. The van der Waals surface area contributed by atoms with Crippen LogP contribution in [0, 0.1) is 0 Å². The fourth-order valence-corrected chi connectivity index (χ4v) is 4.68. The van der Waals surface area contributed by atoms with Crippen LogP contribution in [0.3, 0.4) is 0 Å². The van der Waals surface area contributed by atoms with Crippen LogP contribution in [0.1, 0.15) is 11.1 Å². The van der Waals surface area contributed by atoms with Crippen molar-refractivity contribution in [3.63, 3.8) is 0 Å². The van der Waals surface area contributed by atoms with Gasteiger partial charge in [-0.1, -0.05) is 29.2 Å². The number of hydrogen-bond acceptors (Lipinski definition) is 10. The third kappa shape index (κ3) is 4.26. The second-order valence-electron chi connectivity index (χ2n) is 5.52. The molecule has 0 aliphatic carbocycles. The van der Waals surface area contributed by atoms with Gasteiger partial charge in [0.15, 0.2) is 4.34 Å². The first-order valence-corrected chi connectivity index (χ1v) is 10.7. The summed E-state index contributed by atoms with van der Waals surface area (Å²) in [5.74, 6) is 0.0726. The van der Waals surface area contributed by atoms with Crippen molar-refractivity contribution in [2.75, 3.05) is 17.7 Å². The van der Waals surface area contributed by atoms with E-state index in [9.17, 15) is 14.9 Å². The number of aromatic nitrogens is 2. The van der Waals surface area contributed by atoms with Crippen LogP contribution in [0.4, 0.5) is 5.13 Å². The van der Waals surface area contributed by atoms with Crippen molar-refractivity contribution in [3.05, 3.63) is 23.3 Å². The van der Waals surface area contributed by atoms with Gasteiger partial charge in [0.1, 0.15) is 5.75 Å². The minimum atomic E-state index is -1.18. The summed E-state index contributed by atoms with van der Waals surface area (Å²) in [6.45, 7) is -0.254. The molecule has 0 bridgehead atoms. The highest BCUT2D eigenvalue weighted by Crippen LogP contribution is 2.40. The molecule has 12 heteroatoms. The molecule has 1 aliphatic heterocycles. The molecule has 1 aromatic carbocycles. The number of fused-ring (bicyclic) bond motifs is 1. The van der Waals surface area contributed by atoms with Gasteiger partial charge in [-0.05, 0) is 24.3 Å². The number of aliphatic hydroxyl groups excluding tert-OH is 1. The molecule has 0 spiro atoms. The predicted molar refractivity (Wildman–Crippen MR) is 103 cm³/mol. The summed E-state index contributed by atoms with van der Waals surface area (Å²) in [6, 6.07) is 3.72. The molecular weight excluding hydrogens is 395 g/mol. The van der Waals surface area contributed by atoms with Crippen molar-refractivity contribution in [2.45, 2.75) is 28.2 Å². The van der Waals surface area contributed by atoms with Gasteiger partial charge < -0.3 is 25.8 Å². The first-order chi connectivity index (χ1) is 12.5. The number of nitrogen functional groups attached to an aromatic ring is 1. The highest BCUT2D eigenvalue weighted by atomic mass is 32.2. The zero-order valence-electron chi connectivity index (χ0n) is 13.8. The second-order valence-corrected chi connectivity index (χ2v) is 8.68. The lowest BCUT2D eigenvalue weighted by Crippen LogP contribution is -2.53. The van der Waals surface area contributed by atoms with E-state index in [4.69, 9.17) is 10.4 Å². The Balaban J connectivity index is 1.83. The number of nitrogens with one attached hydrogen (secondary N) is 1. The Hall–Kier alpha value is -1.47. The predicted octanol–water partition coefficient (Wildman–Crippen LogP) is 0.566. The standard InChI is InChI=1S/C14H17BN4O4S3/c1-24-6-11(21)17-10-4-7-2-3-9(25-14-19-18-13(16)26-14)8(5-20)12(7)23-15(10)22/h2-3,10,20,22H,4-6H2,1H3,(H2,16,18)(H,17,21)/t10-/m0/s1. The van der Waals surface area contributed by atoms with Gasteiger partial charge in [-0.2, -0.15) is 11.8 Å². The number of hydrogen-bond donors (Lipinski definition) is 4. The number of anilines is 1. The van der Waals surface area contributed by atoms with E-state index in [-0.39, 0.29) is 12.5 Å². The molecule has 1 aliphatic rings. The molecule has 2 aromatic rings. The van der Waals surface area contributed by atoms with Gasteiger partial charge in [0.05, 0.1) is 18.3 Å². The number of carbonyl (C=O) groups is 1. The van der Waals surface area contributed by atoms with Crippen molar-refractivity contribution in [1.82, 2.24) is 15.5 Å². The Kier molecular flexibility index (Phi) is 6.30. The highest BCUT2D eigenvalue weighted by Gasteiger charge is 2.37. The molecule has 0 unspecified atom stereocenters. The van der Waals surface area contributed by atoms with Crippen LogP contribution in [-0.4, -0.2) is 51.3 Å². The summed E-state index contributed by atoms with van der Waals surface area (Å²) in [5.41, 5.74) is 6.98. The van der Waals surface area contributed by atoms with E-state index in [1.807, 2.05) is 18.4 Å². The SMILES string of the molecule is CSCC(=O)N[C@H]1Cc2ccc(Sc3nnc(N)s3)c(CO)c2OB1O. The molecule has 0 fully saturated rings. The lowest BCUT2D eigenvalue weighted by Gasteiger charge is -2.30. The van der Waals surface area contributed by atoms with Crippen LogP contribution in [0.2, 0.25) is 0 Å². The maximum absolute atomic E-state index is 11.8. The molecule has 2 heterocycles. The molecule has 1 aromatic heterocycles. The van der Waals surface area contributed by atoms with Crippen molar-refractivity contribution in [3.8, 4) is 5.75 Å². The number of rotatable bonds is 6. The Labute approximate surface area is 163 Å². The van der Waals surface area contributed by atoms with Crippen molar-refractivity contribution >= 4 is 53.0 Å². The summed E-state index contributed by atoms with van der Waals surface area (Å²) in [4.78, 5) is 12.5. The van der Waals surface area contributed by atoms with Gasteiger partial charge in [0.2, 0.25) is 11.0 Å². The quantitative estimate of drug-likeness (QED) is 0.503. The van der Waals surface area contributed by atoms with Crippen molar-refractivity contribution < 1.29 is 19.6 Å². The summed E-state index contributed by atoms with van der Waals surface area (Å²) in [5, 5.41) is 31.0. The third-order valence-corrected chi connectivity index (χ3v) is 6.18. The van der Waals surface area contributed by atoms with Crippen molar-refractivity contribution in [1.29, 1.82) is 0 Å². The number of nitrogens with two attached hydrogens (primary N) is 1. The maximum atomic E-state index is 11.8. The molecule has 5 N–H and O–H groups in total.